The maximum absolute atomic E-state index is 11.2. The number of anilines is 1. The van der Waals surface area contributed by atoms with Gasteiger partial charge in [0.25, 0.3) is 0 Å². The van der Waals surface area contributed by atoms with E-state index in [9.17, 15) is 4.79 Å². The molecule has 0 saturated carbocycles. The lowest BCUT2D eigenvalue weighted by Gasteiger charge is -2.05. The quantitative estimate of drug-likeness (QED) is 0.705. The van der Waals surface area contributed by atoms with Crippen LogP contribution in [0.4, 0.5) is 10.5 Å². The van der Waals surface area contributed by atoms with Gasteiger partial charge in [-0.15, -0.1) is 6.58 Å². The van der Waals surface area contributed by atoms with Crippen LogP contribution in [0.1, 0.15) is 5.56 Å². The fourth-order valence-electron chi connectivity index (χ4n) is 1.06. The molecule has 0 saturated heterocycles. The van der Waals surface area contributed by atoms with Gasteiger partial charge in [-0.25, -0.2) is 4.79 Å². The van der Waals surface area contributed by atoms with Crippen LogP contribution < -0.4 is 10.6 Å². The van der Waals surface area contributed by atoms with Gasteiger partial charge in [-0.3, -0.25) is 0 Å². The summed E-state index contributed by atoms with van der Waals surface area (Å²) in [5, 5.41) is 5.35. The van der Waals surface area contributed by atoms with E-state index in [-0.39, 0.29) is 6.03 Å². The molecule has 0 heterocycles. The van der Waals surface area contributed by atoms with Crippen molar-refractivity contribution in [3.05, 3.63) is 42.5 Å². The molecule has 3 heteroatoms. The molecule has 0 fully saturated rings. The highest BCUT2D eigenvalue weighted by Crippen LogP contribution is 2.08. The number of amides is 2. The summed E-state index contributed by atoms with van der Waals surface area (Å²) in [6, 6.07) is 7.43. The van der Waals surface area contributed by atoms with Gasteiger partial charge in [0.2, 0.25) is 0 Å². The molecule has 0 atom stereocenters. The minimum absolute atomic E-state index is 0.212. The SMILES string of the molecule is C=CCNC(=O)Nc1cccc(C)c1. The van der Waals surface area contributed by atoms with Crippen molar-refractivity contribution in [2.24, 2.45) is 0 Å². The molecule has 2 amide bonds. The van der Waals surface area contributed by atoms with E-state index in [2.05, 4.69) is 17.2 Å². The Balaban J connectivity index is 2.51. The summed E-state index contributed by atoms with van der Waals surface area (Å²) in [6.45, 7) is 5.96. The van der Waals surface area contributed by atoms with E-state index >= 15 is 0 Å². The first kappa shape index (κ1) is 10.3. The van der Waals surface area contributed by atoms with Crippen LogP contribution in [0, 0.1) is 6.92 Å². The van der Waals surface area contributed by atoms with Crippen LogP contribution in [0.2, 0.25) is 0 Å². The van der Waals surface area contributed by atoms with E-state index in [1.54, 1.807) is 6.08 Å². The number of benzene rings is 1. The molecule has 1 aromatic carbocycles. The second-order valence-electron chi connectivity index (χ2n) is 2.99. The van der Waals surface area contributed by atoms with Crippen LogP contribution in [0.3, 0.4) is 0 Å². The van der Waals surface area contributed by atoms with Crippen molar-refractivity contribution >= 4 is 11.7 Å². The molecule has 14 heavy (non-hydrogen) atoms. The largest absolute Gasteiger partial charge is 0.334 e. The van der Waals surface area contributed by atoms with Crippen molar-refractivity contribution in [3.8, 4) is 0 Å². The molecule has 0 radical (unpaired) electrons. The zero-order valence-corrected chi connectivity index (χ0v) is 8.21. The van der Waals surface area contributed by atoms with Crippen molar-refractivity contribution in [1.29, 1.82) is 0 Å². The molecule has 0 aliphatic rings. The van der Waals surface area contributed by atoms with Crippen molar-refractivity contribution in [2.75, 3.05) is 11.9 Å². The van der Waals surface area contributed by atoms with E-state index in [0.717, 1.165) is 11.3 Å². The van der Waals surface area contributed by atoms with E-state index < -0.39 is 0 Å². The van der Waals surface area contributed by atoms with Gasteiger partial charge in [0.05, 0.1) is 0 Å². The maximum Gasteiger partial charge on any atom is 0.319 e. The Morgan fingerprint density at radius 3 is 3.00 bits per heavy atom. The summed E-state index contributed by atoms with van der Waals surface area (Å²) in [7, 11) is 0. The zero-order valence-electron chi connectivity index (χ0n) is 8.21. The first-order chi connectivity index (χ1) is 6.72. The maximum atomic E-state index is 11.2. The second-order valence-corrected chi connectivity index (χ2v) is 2.99. The Labute approximate surface area is 83.8 Å². The van der Waals surface area contributed by atoms with Gasteiger partial charge >= 0.3 is 6.03 Å². The van der Waals surface area contributed by atoms with Gasteiger partial charge in [-0.2, -0.15) is 0 Å². The van der Waals surface area contributed by atoms with E-state index in [1.807, 2.05) is 31.2 Å². The molecular weight excluding hydrogens is 176 g/mol. The van der Waals surface area contributed by atoms with Crippen LogP contribution in [0.5, 0.6) is 0 Å². The minimum atomic E-state index is -0.212. The molecule has 0 aromatic heterocycles. The normalized spacial score (nSPS) is 9.21. The van der Waals surface area contributed by atoms with Crippen molar-refractivity contribution in [2.45, 2.75) is 6.92 Å². The Kier molecular flexibility index (Phi) is 3.73. The van der Waals surface area contributed by atoms with E-state index in [0.29, 0.717) is 6.54 Å². The zero-order chi connectivity index (χ0) is 10.4. The van der Waals surface area contributed by atoms with Crippen LogP contribution in [0.15, 0.2) is 36.9 Å². The number of urea groups is 1. The van der Waals surface area contributed by atoms with Gasteiger partial charge in [0, 0.05) is 12.2 Å². The molecule has 0 unspecified atom stereocenters. The number of aryl methyl sites for hydroxylation is 1. The van der Waals surface area contributed by atoms with Gasteiger partial charge in [-0.1, -0.05) is 18.2 Å². The highest BCUT2D eigenvalue weighted by atomic mass is 16.2. The highest BCUT2D eigenvalue weighted by molar-refractivity contribution is 5.89. The molecule has 0 aliphatic carbocycles. The van der Waals surface area contributed by atoms with Gasteiger partial charge < -0.3 is 10.6 Å². The summed E-state index contributed by atoms with van der Waals surface area (Å²) >= 11 is 0. The van der Waals surface area contributed by atoms with Crippen LogP contribution >= 0.6 is 0 Å². The van der Waals surface area contributed by atoms with Crippen LogP contribution in [-0.2, 0) is 0 Å². The Morgan fingerprint density at radius 2 is 2.36 bits per heavy atom. The molecule has 74 valence electrons. The lowest BCUT2D eigenvalue weighted by atomic mass is 10.2. The van der Waals surface area contributed by atoms with Gasteiger partial charge in [-0.05, 0) is 24.6 Å². The first-order valence-corrected chi connectivity index (χ1v) is 4.45. The number of nitrogens with one attached hydrogen (secondary N) is 2. The highest BCUT2D eigenvalue weighted by Gasteiger charge is 1.98. The van der Waals surface area contributed by atoms with Gasteiger partial charge in [0.1, 0.15) is 0 Å². The molecule has 1 rings (SSSR count). The topological polar surface area (TPSA) is 41.1 Å². The lowest BCUT2D eigenvalue weighted by Crippen LogP contribution is -2.28. The predicted molar refractivity (Wildman–Crippen MR) is 58.4 cm³/mol. The van der Waals surface area contributed by atoms with Crippen LogP contribution in [-0.4, -0.2) is 12.6 Å². The Morgan fingerprint density at radius 1 is 1.57 bits per heavy atom. The van der Waals surface area contributed by atoms with Gasteiger partial charge in [0.15, 0.2) is 0 Å². The van der Waals surface area contributed by atoms with Crippen molar-refractivity contribution < 1.29 is 4.79 Å². The average molecular weight is 190 g/mol. The lowest BCUT2D eigenvalue weighted by molar-refractivity contribution is 0.253. The summed E-state index contributed by atoms with van der Waals surface area (Å²) in [6.07, 6.45) is 1.63. The molecule has 3 nitrogen and oxygen atoms in total. The first-order valence-electron chi connectivity index (χ1n) is 4.45. The smallest absolute Gasteiger partial charge is 0.319 e. The molecule has 0 bridgehead atoms. The number of carbonyl (C=O) groups excluding carboxylic acids is 1. The summed E-state index contributed by atoms with van der Waals surface area (Å²) in [4.78, 5) is 11.2. The fourth-order valence-corrected chi connectivity index (χ4v) is 1.06. The van der Waals surface area contributed by atoms with E-state index in [1.165, 1.54) is 0 Å². The summed E-state index contributed by atoms with van der Waals surface area (Å²) in [5.74, 6) is 0. The number of hydrogen-bond acceptors (Lipinski definition) is 1. The summed E-state index contributed by atoms with van der Waals surface area (Å²) < 4.78 is 0. The Hall–Kier alpha value is -1.77. The third-order valence-corrected chi connectivity index (χ3v) is 1.68. The number of hydrogen-bond donors (Lipinski definition) is 2. The number of carbonyl (C=O) groups is 1. The molecule has 1 aromatic rings. The predicted octanol–water partition coefficient (Wildman–Crippen LogP) is 2.30. The monoisotopic (exact) mass is 190 g/mol. The second kappa shape index (κ2) is 5.07. The molecule has 0 spiro atoms. The van der Waals surface area contributed by atoms with Crippen molar-refractivity contribution in [3.63, 3.8) is 0 Å². The molecule has 2 N–H and O–H groups in total. The molecule has 0 aliphatic heterocycles. The molecular formula is C11H14N2O. The fraction of sp³-hybridized carbons (Fsp3) is 0.182. The van der Waals surface area contributed by atoms with Crippen molar-refractivity contribution in [1.82, 2.24) is 5.32 Å². The third-order valence-electron chi connectivity index (χ3n) is 1.68. The number of rotatable bonds is 3. The average Bonchev–Trinajstić information content (AvgIpc) is 2.15. The van der Waals surface area contributed by atoms with E-state index in [4.69, 9.17) is 0 Å². The Bertz CT molecular complexity index is 334. The standard InChI is InChI=1S/C11H14N2O/c1-3-7-12-11(14)13-10-6-4-5-9(2)8-10/h3-6,8H,1,7H2,2H3,(H2,12,13,14). The third kappa shape index (κ3) is 3.31. The van der Waals surface area contributed by atoms with Crippen LogP contribution in [0.25, 0.3) is 0 Å². The summed E-state index contributed by atoms with van der Waals surface area (Å²) in [5.41, 5.74) is 1.91. The minimum Gasteiger partial charge on any atom is -0.334 e.